The highest BCUT2D eigenvalue weighted by Gasteiger charge is 2.21. The number of hydrogen-bond donors (Lipinski definition) is 0. The number of oxazole rings is 1. The Morgan fingerprint density at radius 1 is 1.05 bits per heavy atom. The Morgan fingerprint density at radius 3 is 2.64 bits per heavy atom. The third-order valence-corrected chi connectivity index (χ3v) is 3.42. The summed E-state index contributed by atoms with van der Waals surface area (Å²) < 4.78 is 18.2. The molecular formula is C15H14N4O3. The molecular weight excluding hydrogens is 284 g/mol. The van der Waals surface area contributed by atoms with Gasteiger partial charge in [0.05, 0.1) is 11.4 Å². The molecule has 0 aliphatic carbocycles. The maximum Gasteiger partial charge on any atom is 0.231 e. The summed E-state index contributed by atoms with van der Waals surface area (Å²) in [5.74, 6) is 3.92. The Kier molecular flexibility index (Phi) is 2.69. The number of aryl methyl sites for hydroxylation is 3. The van der Waals surface area contributed by atoms with E-state index < -0.39 is 0 Å². The van der Waals surface area contributed by atoms with E-state index in [-0.39, 0.29) is 6.79 Å². The minimum absolute atomic E-state index is 0.239. The summed E-state index contributed by atoms with van der Waals surface area (Å²) in [6.45, 7) is 5.78. The van der Waals surface area contributed by atoms with Gasteiger partial charge in [0.25, 0.3) is 0 Å². The van der Waals surface area contributed by atoms with Crippen LogP contribution in [-0.2, 0) is 0 Å². The molecule has 0 bridgehead atoms. The lowest BCUT2D eigenvalue weighted by atomic mass is 10.2. The van der Waals surface area contributed by atoms with Gasteiger partial charge in [-0.05, 0) is 26.0 Å². The number of hydrogen-bond acceptors (Lipinski definition) is 6. The first kappa shape index (κ1) is 12.9. The molecule has 4 rings (SSSR count). The first-order valence-corrected chi connectivity index (χ1v) is 6.90. The molecule has 3 heterocycles. The summed E-state index contributed by atoms with van der Waals surface area (Å²) in [6, 6.07) is 5.64. The smallest absolute Gasteiger partial charge is 0.231 e. The zero-order valence-corrected chi connectivity index (χ0v) is 12.5. The minimum Gasteiger partial charge on any atom is -0.454 e. The van der Waals surface area contributed by atoms with Gasteiger partial charge in [0.2, 0.25) is 12.6 Å². The Labute approximate surface area is 126 Å². The van der Waals surface area contributed by atoms with Crippen LogP contribution >= 0.6 is 0 Å². The van der Waals surface area contributed by atoms with Crippen molar-refractivity contribution in [2.24, 2.45) is 0 Å². The molecule has 7 nitrogen and oxygen atoms in total. The second-order valence-electron chi connectivity index (χ2n) is 5.08. The third kappa shape index (κ3) is 1.93. The van der Waals surface area contributed by atoms with Crippen molar-refractivity contribution in [2.45, 2.75) is 20.8 Å². The lowest BCUT2D eigenvalue weighted by molar-refractivity contribution is 0.174. The van der Waals surface area contributed by atoms with Crippen LogP contribution in [0.1, 0.15) is 17.4 Å². The molecule has 0 unspecified atom stereocenters. The van der Waals surface area contributed by atoms with E-state index in [0.717, 1.165) is 17.1 Å². The monoisotopic (exact) mass is 298 g/mol. The summed E-state index contributed by atoms with van der Waals surface area (Å²) in [6.07, 6.45) is 0. The molecule has 3 aromatic rings. The van der Waals surface area contributed by atoms with Crippen LogP contribution < -0.4 is 9.47 Å². The van der Waals surface area contributed by atoms with E-state index in [1.54, 1.807) is 4.68 Å². The lowest BCUT2D eigenvalue weighted by Gasteiger charge is -2.05. The summed E-state index contributed by atoms with van der Waals surface area (Å²) >= 11 is 0. The molecule has 0 fully saturated rings. The Balaban J connectivity index is 1.88. The fourth-order valence-corrected chi connectivity index (χ4v) is 2.50. The molecule has 0 saturated carbocycles. The molecule has 2 aromatic heterocycles. The highest BCUT2D eigenvalue weighted by atomic mass is 16.7. The highest BCUT2D eigenvalue weighted by Crippen LogP contribution is 2.34. The predicted molar refractivity (Wildman–Crippen MR) is 77.2 cm³/mol. The zero-order chi connectivity index (χ0) is 15.3. The van der Waals surface area contributed by atoms with Crippen LogP contribution in [0.15, 0.2) is 22.6 Å². The van der Waals surface area contributed by atoms with E-state index in [4.69, 9.17) is 13.9 Å². The van der Waals surface area contributed by atoms with Gasteiger partial charge in [0.1, 0.15) is 5.82 Å². The largest absolute Gasteiger partial charge is 0.454 e. The maximum absolute atomic E-state index is 5.68. The van der Waals surface area contributed by atoms with Crippen LogP contribution in [0, 0.1) is 20.8 Å². The first-order valence-electron chi connectivity index (χ1n) is 6.90. The van der Waals surface area contributed by atoms with Crippen LogP contribution in [0.5, 0.6) is 11.5 Å². The molecule has 7 heteroatoms. The van der Waals surface area contributed by atoms with Gasteiger partial charge >= 0.3 is 0 Å². The van der Waals surface area contributed by atoms with Gasteiger partial charge in [-0.25, -0.2) is 14.6 Å². The average Bonchev–Trinajstić information content (AvgIpc) is 3.16. The minimum atomic E-state index is 0.239. The summed E-state index contributed by atoms with van der Waals surface area (Å²) in [4.78, 5) is 8.77. The number of aromatic nitrogens is 4. The van der Waals surface area contributed by atoms with E-state index in [0.29, 0.717) is 29.0 Å². The quantitative estimate of drug-likeness (QED) is 0.724. The number of nitrogens with zero attached hydrogens (tertiary/aromatic N) is 4. The Bertz CT molecular complexity index is 866. The molecule has 0 spiro atoms. The topological polar surface area (TPSA) is 75.2 Å². The van der Waals surface area contributed by atoms with Gasteiger partial charge in [-0.2, -0.15) is 5.10 Å². The number of benzene rings is 1. The van der Waals surface area contributed by atoms with E-state index >= 15 is 0 Å². The SMILES string of the molecule is Cc1nc(-c2oc(C)nc2C)n(-c2ccc3c(c2)OCO3)n1. The molecule has 0 amide bonds. The van der Waals surface area contributed by atoms with Crippen LogP contribution in [0.4, 0.5) is 0 Å². The van der Waals surface area contributed by atoms with Gasteiger partial charge in [0.15, 0.2) is 23.1 Å². The Hall–Kier alpha value is -2.83. The second kappa shape index (κ2) is 4.59. The van der Waals surface area contributed by atoms with Crippen LogP contribution in [0.3, 0.4) is 0 Å². The standard InChI is InChI=1S/C15H14N4O3/c1-8-14(22-10(3)16-8)15-17-9(2)18-19(15)11-4-5-12-13(6-11)21-7-20-12/h4-6H,7H2,1-3H3. The van der Waals surface area contributed by atoms with Gasteiger partial charge in [-0.15, -0.1) is 0 Å². The molecule has 0 saturated heterocycles. The molecule has 22 heavy (non-hydrogen) atoms. The summed E-state index contributed by atoms with van der Waals surface area (Å²) in [5.41, 5.74) is 1.61. The van der Waals surface area contributed by atoms with Crippen LogP contribution in [-0.4, -0.2) is 26.5 Å². The first-order chi connectivity index (χ1) is 10.6. The molecule has 112 valence electrons. The van der Waals surface area contributed by atoms with Crippen molar-refractivity contribution in [1.29, 1.82) is 0 Å². The van der Waals surface area contributed by atoms with Crippen molar-refractivity contribution in [1.82, 2.24) is 19.7 Å². The molecule has 0 radical (unpaired) electrons. The van der Waals surface area contributed by atoms with Crippen molar-refractivity contribution >= 4 is 0 Å². The Morgan fingerprint density at radius 2 is 1.86 bits per heavy atom. The number of ether oxygens (including phenoxy) is 2. The molecule has 1 aliphatic rings. The van der Waals surface area contributed by atoms with Crippen LogP contribution in [0.2, 0.25) is 0 Å². The van der Waals surface area contributed by atoms with Crippen molar-refractivity contribution < 1.29 is 13.9 Å². The van der Waals surface area contributed by atoms with Crippen molar-refractivity contribution in [2.75, 3.05) is 6.79 Å². The molecule has 1 aliphatic heterocycles. The van der Waals surface area contributed by atoms with Crippen molar-refractivity contribution in [3.05, 3.63) is 35.6 Å². The highest BCUT2D eigenvalue weighted by molar-refractivity contribution is 5.57. The zero-order valence-electron chi connectivity index (χ0n) is 12.5. The van der Waals surface area contributed by atoms with Crippen molar-refractivity contribution in [3.8, 4) is 28.8 Å². The lowest BCUT2D eigenvalue weighted by Crippen LogP contribution is -2.00. The maximum atomic E-state index is 5.68. The van der Waals surface area contributed by atoms with E-state index in [9.17, 15) is 0 Å². The molecule has 0 atom stereocenters. The fourth-order valence-electron chi connectivity index (χ4n) is 2.50. The second-order valence-corrected chi connectivity index (χ2v) is 5.08. The predicted octanol–water partition coefficient (Wildman–Crippen LogP) is 2.58. The van der Waals surface area contributed by atoms with E-state index in [1.807, 2.05) is 39.0 Å². The summed E-state index contributed by atoms with van der Waals surface area (Å²) in [5, 5.41) is 4.45. The van der Waals surface area contributed by atoms with Gasteiger partial charge < -0.3 is 13.9 Å². The molecule has 0 N–H and O–H groups in total. The normalized spacial score (nSPS) is 12.9. The number of rotatable bonds is 2. The van der Waals surface area contributed by atoms with Gasteiger partial charge in [-0.3, -0.25) is 0 Å². The van der Waals surface area contributed by atoms with Crippen molar-refractivity contribution in [3.63, 3.8) is 0 Å². The van der Waals surface area contributed by atoms with E-state index in [2.05, 4.69) is 15.1 Å². The van der Waals surface area contributed by atoms with Gasteiger partial charge in [0, 0.05) is 13.0 Å². The molecule has 1 aromatic carbocycles. The van der Waals surface area contributed by atoms with E-state index in [1.165, 1.54) is 0 Å². The summed E-state index contributed by atoms with van der Waals surface area (Å²) in [7, 11) is 0. The average molecular weight is 298 g/mol. The fraction of sp³-hybridized carbons (Fsp3) is 0.267. The van der Waals surface area contributed by atoms with Gasteiger partial charge in [-0.1, -0.05) is 0 Å². The van der Waals surface area contributed by atoms with Crippen LogP contribution in [0.25, 0.3) is 17.3 Å². The third-order valence-electron chi connectivity index (χ3n) is 3.42. The number of fused-ring (bicyclic) bond motifs is 1.